The van der Waals surface area contributed by atoms with E-state index >= 15 is 0 Å². The van der Waals surface area contributed by atoms with Gasteiger partial charge in [-0.1, -0.05) is 24.6 Å². The fourth-order valence-electron chi connectivity index (χ4n) is 4.14. The maximum atomic E-state index is 13.2. The second kappa shape index (κ2) is 11.1. The number of anilines is 1. The van der Waals surface area contributed by atoms with Gasteiger partial charge in [0.1, 0.15) is 5.82 Å². The topological polar surface area (TPSA) is 86.7 Å². The molecule has 3 aromatic rings. The predicted octanol–water partition coefficient (Wildman–Crippen LogP) is 3.34. The molecule has 1 amide bonds. The number of amides is 1. The second-order valence-electron chi connectivity index (χ2n) is 8.75. The average Bonchev–Trinajstić information content (AvgIpc) is 3.14. The van der Waals surface area contributed by atoms with Crippen molar-refractivity contribution in [2.24, 2.45) is 0 Å². The molecule has 4 rings (SSSR count). The lowest BCUT2D eigenvalue weighted by Gasteiger charge is -2.26. The molecular formula is C26H30FN5O3S. The van der Waals surface area contributed by atoms with E-state index in [1.807, 2.05) is 19.1 Å². The van der Waals surface area contributed by atoms with Crippen molar-refractivity contribution < 1.29 is 17.6 Å². The normalized spacial score (nSPS) is 14.7. The lowest BCUT2D eigenvalue weighted by atomic mass is 10.1. The zero-order chi connectivity index (χ0) is 25.7. The van der Waals surface area contributed by atoms with Gasteiger partial charge in [0.2, 0.25) is 15.9 Å². The van der Waals surface area contributed by atoms with E-state index in [0.29, 0.717) is 37.7 Å². The van der Waals surface area contributed by atoms with E-state index < -0.39 is 10.0 Å². The molecule has 1 saturated heterocycles. The van der Waals surface area contributed by atoms with Gasteiger partial charge in [0.25, 0.3) is 0 Å². The van der Waals surface area contributed by atoms with Gasteiger partial charge in [0.05, 0.1) is 17.1 Å². The molecule has 10 heteroatoms. The van der Waals surface area contributed by atoms with Crippen LogP contribution in [-0.2, 0) is 14.8 Å². The van der Waals surface area contributed by atoms with E-state index in [4.69, 9.17) is 0 Å². The summed E-state index contributed by atoms with van der Waals surface area (Å²) < 4.78 is 40.5. The Hall–Kier alpha value is -3.37. The van der Waals surface area contributed by atoms with Gasteiger partial charge in [-0.05, 0) is 61.9 Å². The molecule has 0 radical (unpaired) electrons. The maximum Gasteiger partial charge on any atom is 0.243 e. The molecule has 0 spiro atoms. The summed E-state index contributed by atoms with van der Waals surface area (Å²) in [6, 6.07) is 16.5. The first kappa shape index (κ1) is 25.7. The van der Waals surface area contributed by atoms with Crippen molar-refractivity contribution in [3.63, 3.8) is 0 Å². The van der Waals surface area contributed by atoms with Crippen LogP contribution >= 0.6 is 0 Å². The number of hydrogen-bond donors (Lipinski definition) is 0. The smallest absolute Gasteiger partial charge is 0.243 e. The molecule has 0 atom stereocenters. The number of rotatable bonds is 7. The number of benzene rings is 2. The van der Waals surface area contributed by atoms with Crippen LogP contribution in [0.5, 0.6) is 0 Å². The molecule has 0 N–H and O–H groups in total. The number of nitrogens with zero attached hydrogens (tertiary/aromatic N) is 5. The number of aryl methyl sites for hydroxylation is 1. The maximum absolute atomic E-state index is 13.2. The van der Waals surface area contributed by atoms with Gasteiger partial charge in [0.15, 0.2) is 5.82 Å². The van der Waals surface area contributed by atoms with Gasteiger partial charge in [-0.25, -0.2) is 12.8 Å². The highest BCUT2D eigenvalue weighted by molar-refractivity contribution is 7.89. The highest BCUT2D eigenvalue weighted by Gasteiger charge is 2.28. The van der Waals surface area contributed by atoms with Crippen molar-refractivity contribution in [3.8, 4) is 11.3 Å². The van der Waals surface area contributed by atoms with E-state index in [-0.39, 0.29) is 29.7 Å². The molecule has 0 aliphatic carbocycles. The predicted molar refractivity (Wildman–Crippen MR) is 136 cm³/mol. The van der Waals surface area contributed by atoms with Crippen LogP contribution in [0.2, 0.25) is 0 Å². The van der Waals surface area contributed by atoms with Crippen molar-refractivity contribution in [2.75, 3.05) is 44.2 Å². The Kier molecular flexibility index (Phi) is 7.95. The molecule has 0 unspecified atom stereocenters. The van der Waals surface area contributed by atoms with Crippen LogP contribution in [0.25, 0.3) is 11.3 Å². The monoisotopic (exact) mass is 511 g/mol. The summed E-state index contributed by atoms with van der Waals surface area (Å²) in [5.41, 5.74) is 2.40. The third-order valence-electron chi connectivity index (χ3n) is 6.29. The van der Waals surface area contributed by atoms with E-state index in [2.05, 4.69) is 15.1 Å². The van der Waals surface area contributed by atoms with E-state index in [1.165, 1.54) is 16.4 Å². The quantitative estimate of drug-likeness (QED) is 0.484. The Bertz CT molecular complexity index is 1280. The highest BCUT2D eigenvalue weighted by Crippen LogP contribution is 2.21. The molecule has 2 heterocycles. The van der Waals surface area contributed by atoms with Crippen molar-refractivity contribution >= 4 is 21.7 Å². The third kappa shape index (κ3) is 5.88. The van der Waals surface area contributed by atoms with Crippen molar-refractivity contribution in [1.29, 1.82) is 0 Å². The van der Waals surface area contributed by atoms with Crippen LogP contribution in [0.1, 0.15) is 18.9 Å². The summed E-state index contributed by atoms with van der Waals surface area (Å²) in [7, 11) is -3.76. The molecule has 36 heavy (non-hydrogen) atoms. The Morgan fingerprint density at radius 2 is 1.67 bits per heavy atom. The summed E-state index contributed by atoms with van der Waals surface area (Å²) in [5, 5.41) is 8.62. The molecular weight excluding hydrogens is 481 g/mol. The first-order valence-electron chi connectivity index (χ1n) is 12.0. The van der Waals surface area contributed by atoms with E-state index in [0.717, 1.165) is 17.5 Å². The fraction of sp³-hybridized carbons (Fsp3) is 0.346. The Morgan fingerprint density at radius 3 is 2.31 bits per heavy atom. The van der Waals surface area contributed by atoms with Crippen molar-refractivity contribution in [2.45, 2.75) is 25.2 Å². The van der Waals surface area contributed by atoms with E-state index in [1.54, 1.807) is 48.2 Å². The molecule has 1 fully saturated rings. The van der Waals surface area contributed by atoms with Crippen LogP contribution in [-0.4, -0.2) is 73.0 Å². The molecule has 0 bridgehead atoms. The highest BCUT2D eigenvalue weighted by atomic mass is 32.2. The molecule has 1 aromatic heterocycles. The van der Waals surface area contributed by atoms with Crippen LogP contribution in [0.4, 0.5) is 10.2 Å². The first-order chi connectivity index (χ1) is 17.3. The minimum absolute atomic E-state index is 0.187. The van der Waals surface area contributed by atoms with Gasteiger partial charge in [-0.2, -0.15) is 4.31 Å². The summed E-state index contributed by atoms with van der Waals surface area (Å²) in [5.74, 6) is 0.182. The third-order valence-corrected chi connectivity index (χ3v) is 8.22. The fourth-order valence-corrected chi connectivity index (χ4v) is 5.54. The SMILES string of the molecule is CCN(CC(=O)N1CCCN(c2ccc(-c3ccc(F)cc3)nn2)CC1)S(=O)(=O)c1ccc(C)cc1. The second-order valence-corrected chi connectivity index (χ2v) is 10.7. The minimum atomic E-state index is -3.76. The van der Waals surface area contributed by atoms with Gasteiger partial charge >= 0.3 is 0 Å². The van der Waals surface area contributed by atoms with Gasteiger partial charge in [-0.3, -0.25) is 4.79 Å². The van der Waals surface area contributed by atoms with Crippen LogP contribution in [0, 0.1) is 12.7 Å². The largest absolute Gasteiger partial charge is 0.353 e. The van der Waals surface area contributed by atoms with Gasteiger partial charge in [0, 0.05) is 38.3 Å². The lowest BCUT2D eigenvalue weighted by Crippen LogP contribution is -2.44. The van der Waals surface area contributed by atoms with Gasteiger partial charge in [-0.15, -0.1) is 10.2 Å². The number of carbonyl (C=O) groups excluding carboxylic acids is 1. The zero-order valence-electron chi connectivity index (χ0n) is 20.5. The summed E-state index contributed by atoms with van der Waals surface area (Å²) >= 11 is 0. The zero-order valence-corrected chi connectivity index (χ0v) is 21.3. The summed E-state index contributed by atoms with van der Waals surface area (Å²) in [6.07, 6.45) is 0.726. The Balaban J connectivity index is 1.38. The molecule has 0 saturated carbocycles. The van der Waals surface area contributed by atoms with E-state index in [9.17, 15) is 17.6 Å². The number of aromatic nitrogens is 2. The molecule has 190 valence electrons. The molecule has 8 nitrogen and oxygen atoms in total. The van der Waals surface area contributed by atoms with Crippen LogP contribution in [0.15, 0.2) is 65.6 Å². The standard InChI is InChI=1S/C26H30FN5O3S/c1-3-32(36(34,35)23-11-5-20(2)6-12-23)19-26(33)31-16-4-15-30(17-18-31)25-14-13-24(28-29-25)21-7-9-22(27)10-8-21/h5-14H,3-4,15-19H2,1-2H3. The van der Waals surface area contributed by atoms with Crippen LogP contribution in [0.3, 0.4) is 0 Å². The van der Waals surface area contributed by atoms with Gasteiger partial charge < -0.3 is 9.80 Å². The number of likely N-dealkylation sites (N-methyl/N-ethyl adjacent to an activating group) is 1. The van der Waals surface area contributed by atoms with Crippen molar-refractivity contribution in [1.82, 2.24) is 19.4 Å². The Morgan fingerprint density at radius 1 is 0.944 bits per heavy atom. The molecule has 2 aromatic carbocycles. The molecule has 1 aliphatic heterocycles. The number of halogens is 1. The Labute approximate surface area is 211 Å². The number of sulfonamides is 1. The summed E-state index contributed by atoms with van der Waals surface area (Å²) in [6.45, 7) is 5.90. The summed E-state index contributed by atoms with van der Waals surface area (Å²) in [4.78, 5) is 17.0. The minimum Gasteiger partial charge on any atom is -0.353 e. The molecule has 1 aliphatic rings. The number of hydrogen-bond acceptors (Lipinski definition) is 6. The van der Waals surface area contributed by atoms with Crippen LogP contribution < -0.4 is 4.90 Å². The lowest BCUT2D eigenvalue weighted by molar-refractivity contribution is -0.131. The average molecular weight is 512 g/mol. The first-order valence-corrected chi connectivity index (χ1v) is 13.4. The number of carbonyl (C=O) groups is 1. The van der Waals surface area contributed by atoms with Crippen molar-refractivity contribution in [3.05, 3.63) is 72.0 Å².